The summed E-state index contributed by atoms with van der Waals surface area (Å²) in [5.74, 6) is 2.07. The minimum Gasteiger partial charge on any atom is -0.494 e. The number of nitrogens with zero attached hydrogens (tertiary/aromatic N) is 1. The van der Waals surface area contributed by atoms with Gasteiger partial charge in [-0.3, -0.25) is 0 Å². The van der Waals surface area contributed by atoms with Crippen molar-refractivity contribution in [2.24, 2.45) is 11.8 Å². The van der Waals surface area contributed by atoms with Gasteiger partial charge in [-0.1, -0.05) is 13.8 Å². The summed E-state index contributed by atoms with van der Waals surface area (Å²) < 4.78 is 5.39. The first-order valence-electron chi connectivity index (χ1n) is 8.57. The summed E-state index contributed by atoms with van der Waals surface area (Å²) >= 11 is 0. The predicted octanol–water partition coefficient (Wildman–Crippen LogP) is 3.18. The number of anilines is 1. The first-order chi connectivity index (χ1) is 11.1. The van der Waals surface area contributed by atoms with Crippen LogP contribution in [0.25, 0.3) is 0 Å². The molecule has 1 atom stereocenters. The summed E-state index contributed by atoms with van der Waals surface area (Å²) in [4.78, 5) is 14.5. The van der Waals surface area contributed by atoms with Crippen molar-refractivity contribution < 1.29 is 9.53 Å². The zero-order valence-corrected chi connectivity index (χ0v) is 14.5. The maximum atomic E-state index is 12.0. The fourth-order valence-electron chi connectivity index (χ4n) is 2.98. The Morgan fingerprint density at radius 1 is 1.35 bits per heavy atom. The van der Waals surface area contributed by atoms with E-state index in [1.54, 1.807) is 0 Å². The van der Waals surface area contributed by atoms with Gasteiger partial charge in [-0.05, 0) is 56.0 Å². The number of benzene rings is 1. The van der Waals surface area contributed by atoms with E-state index in [0.29, 0.717) is 18.4 Å². The van der Waals surface area contributed by atoms with Crippen molar-refractivity contribution in [3.63, 3.8) is 0 Å². The Morgan fingerprint density at radius 2 is 2.09 bits per heavy atom. The Bertz CT molecular complexity index is 488. The van der Waals surface area contributed by atoms with Crippen molar-refractivity contribution in [1.29, 1.82) is 0 Å². The third-order valence-corrected chi connectivity index (χ3v) is 3.97. The van der Waals surface area contributed by atoms with Crippen molar-refractivity contribution in [3.05, 3.63) is 24.3 Å². The number of urea groups is 1. The average molecular weight is 319 g/mol. The Hall–Kier alpha value is -1.75. The third-order valence-electron chi connectivity index (χ3n) is 3.97. The van der Waals surface area contributed by atoms with Crippen LogP contribution in [0.4, 0.5) is 10.5 Å². The van der Waals surface area contributed by atoms with E-state index in [9.17, 15) is 4.79 Å². The molecular formula is C18H29N3O2. The molecule has 5 heteroatoms. The maximum absolute atomic E-state index is 12.0. The normalized spacial score (nSPS) is 18.2. The van der Waals surface area contributed by atoms with Crippen molar-refractivity contribution in [2.45, 2.75) is 27.2 Å². The summed E-state index contributed by atoms with van der Waals surface area (Å²) in [6.07, 6.45) is 1.16. The second-order valence-electron chi connectivity index (χ2n) is 6.60. The molecule has 2 amide bonds. The molecule has 2 N–H and O–H groups in total. The van der Waals surface area contributed by atoms with Gasteiger partial charge in [-0.2, -0.15) is 0 Å². The van der Waals surface area contributed by atoms with Gasteiger partial charge in [-0.25, -0.2) is 4.79 Å². The van der Waals surface area contributed by atoms with Gasteiger partial charge >= 0.3 is 6.03 Å². The molecule has 0 spiro atoms. The molecule has 0 unspecified atom stereocenters. The quantitative estimate of drug-likeness (QED) is 0.811. The van der Waals surface area contributed by atoms with Crippen LogP contribution in [0.1, 0.15) is 27.2 Å². The summed E-state index contributed by atoms with van der Waals surface area (Å²) in [5, 5.41) is 5.84. The molecule has 128 valence electrons. The van der Waals surface area contributed by atoms with E-state index >= 15 is 0 Å². The highest BCUT2D eigenvalue weighted by Gasteiger charge is 2.23. The average Bonchev–Trinajstić information content (AvgIpc) is 2.94. The Labute approximate surface area is 139 Å². The van der Waals surface area contributed by atoms with E-state index in [2.05, 4.69) is 29.4 Å². The summed E-state index contributed by atoms with van der Waals surface area (Å²) in [6.45, 7) is 11.2. The summed E-state index contributed by atoms with van der Waals surface area (Å²) in [7, 11) is 0. The van der Waals surface area contributed by atoms with Crippen molar-refractivity contribution in [2.75, 3.05) is 38.1 Å². The smallest absolute Gasteiger partial charge is 0.319 e. The molecule has 23 heavy (non-hydrogen) atoms. The van der Waals surface area contributed by atoms with Crippen LogP contribution in [0.3, 0.4) is 0 Å². The third kappa shape index (κ3) is 6.10. The van der Waals surface area contributed by atoms with Gasteiger partial charge in [0.15, 0.2) is 0 Å². The molecule has 1 aliphatic rings. The molecule has 1 aromatic carbocycles. The zero-order chi connectivity index (χ0) is 16.7. The number of nitrogens with one attached hydrogen (secondary N) is 2. The number of rotatable bonds is 7. The number of amides is 2. The van der Waals surface area contributed by atoms with Crippen molar-refractivity contribution in [1.82, 2.24) is 10.2 Å². The molecule has 1 aromatic rings. The highest BCUT2D eigenvalue weighted by molar-refractivity contribution is 5.89. The second-order valence-corrected chi connectivity index (χ2v) is 6.60. The van der Waals surface area contributed by atoms with Crippen LogP contribution in [0.2, 0.25) is 0 Å². The minimum absolute atomic E-state index is 0.142. The van der Waals surface area contributed by atoms with Gasteiger partial charge in [0.1, 0.15) is 5.75 Å². The molecular weight excluding hydrogens is 290 g/mol. The van der Waals surface area contributed by atoms with Gasteiger partial charge in [0.25, 0.3) is 0 Å². The van der Waals surface area contributed by atoms with Crippen molar-refractivity contribution >= 4 is 11.7 Å². The zero-order valence-electron chi connectivity index (χ0n) is 14.5. The molecule has 1 aliphatic heterocycles. The number of hydrogen-bond donors (Lipinski definition) is 2. The van der Waals surface area contributed by atoms with E-state index in [1.165, 1.54) is 0 Å². The van der Waals surface area contributed by atoms with Crippen LogP contribution in [-0.2, 0) is 0 Å². The molecule has 0 aliphatic carbocycles. The lowest BCUT2D eigenvalue weighted by Crippen LogP contribution is -2.34. The second kappa shape index (κ2) is 8.77. The van der Waals surface area contributed by atoms with Gasteiger partial charge in [0.2, 0.25) is 0 Å². The molecule has 1 fully saturated rings. The molecule has 0 radical (unpaired) electrons. The van der Waals surface area contributed by atoms with Crippen LogP contribution < -0.4 is 15.4 Å². The molecule has 0 bridgehead atoms. The summed E-state index contributed by atoms with van der Waals surface area (Å²) in [5.41, 5.74) is 0.777. The first kappa shape index (κ1) is 17.6. The van der Waals surface area contributed by atoms with Crippen molar-refractivity contribution in [3.8, 4) is 5.75 Å². The number of likely N-dealkylation sites (tertiary alicyclic amines) is 1. The fraction of sp³-hybridized carbons (Fsp3) is 0.611. The lowest BCUT2D eigenvalue weighted by molar-refractivity contribution is 0.249. The Kier molecular flexibility index (Phi) is 6.71. The van der Waals surface area contributed by atoms with E-state index in [4.69, 9.17) is 4.74 Å². The monoisotopic (exact) mass is 319 g/mol. The topological polar surface area (TPSA) is 53.6 Å². The maximum Gasteiger partial charge on any atom is 0.319 e. The van der Waals surface area contributed by atoms with E-state index in [1.807, 2.05) is 31.2 Å². The van der Waals surface area contributed by atoms with E-state index in [-0.39, 0.29) is 6.03 Å². The molecule has 1 saturated heterocycles. The molecule has 0 aromatic heterocycles. The number of hydrogen-bond acceptors (Lipinski definition) is 3. The van der Waals surface area contributed by atoms with Crippen LogP contribution in [0.5, 0.6) is 5.75 Å². The molecule has 0 saturated carbocycles. The molecule has 2 rings (SSSR count). The lowest BCUT2D eigenvalue weighted by Gasteiger charge is -2.18. The standard InChI is InChI=1S/C18H29N3O2/c1-4-23-17-7-5-16(6-8-17)20-18(22)19-11-15-9-10-21(13-15)12-14(2)3/h5-8,14-15H,4,9-13H2,1-3H3,(H2,19,20,22)/t15-/m1/s1. The Morgan fingerprint density at radius 3 is 2.74 bits per heavy atom. The van der Waals surface area contributed by atoms with E-state index in [0.717, 1.165) is 44.0 Å². The number of carbonyl (C=O) groups is 1. The van der Waals surface area contributed by atoms with Gasteiger partial charge in [0, 0.05) is 25.3 Å². The van der Waals surface area contributed by atoms with Crippen LogP contribution in [0, 0.1) is 11.8 Å². The fourth-order valence-corrected chi connectivity index (χ4v) is 2.98. The molecule has 1 heterocycles. The van der Waals surface area contributed by atoms with Crippen LogP contribution in [0.15, 0.2) is 24.3 Å². The Balaban J connectivity index is 1.69. The van der Waals surface area contributed by atoms with Crippen LogP contribution in [-0.4, -0.2) is 43.7 Å². The first-order valence-corrected chi connectivity index (χ1v) is 8.57. The van der Waals surface area contributed by atoms with E-state index < -0.39 is 0 Å². The van der Waals surface area contributed by atoms with Gasteiger partial charge < -0.3 is 20.3 Å². The minimum atomic E-state index is -0.142. The van der Waals surface area contributed by atoms with Gasteiger partial charge in [0.05, 0.1) is 6.61 Å². The summed E-state index contributed by atoms with van der Waals surface area (Å²) in [6, 6.07) is 7.28. The van der Waals surface area contributed by atoms with Crippen LogP contribution >= 0.6 is 0 Å². The SMILES string of the molecule is CCOc1ccc(NC(=O)NC[C@H]2CCN(CC(C)C)C2)cc1. The predicted molar refractivity (Wildman–Crippen MR) is 94.0 cm³/mol. The number of ether oxygens (including phenoxy) is 1. The highest BCUT2D eigenvalue weighted by Crippen LogP contribution is 2.17. The van der Waals surface area contributed by atoms with Gasteiger partial charge in [-0.15, -0.1) is 0 Å². The largest absolute Gasteiger partial charge is 0.494 e. The molecule has 5 nitrogen and oxygen atoms in total. The number of carbonyl (C=O) groups excluding carboxylic acids is 1. The lowest BCUT2D eigenvalue weighted by atomic mass is 10.1. The highest BCUT2D eigenvalue weighted by atomic mass is 16.5.